The van der Waals surface area contributed by atoms with Crippen molar-refractivity contribution in [2.24, 2.45) is 0 Å². The van der Waals surface area contributed by atoms with Gasteiger partial charge in [-0.2, -0.15) is 5.10 Å². The summed E-state index contributed by atoms with van der Waals surface area (Å²) < 4.78 is 2.62. The van der Waals surface area contributed by atoms with Gasteiger partial charge in [0.2, 0.25) is 0 Å². The Balaban J connectivity index is 2.27. The maximum Gasteiger partial charge on any atom is 0.185 e. The van der Waals surface area contributed by atoms with E-state index in [2.05, 4.69) is 21.0 Å². The number of aryl methyl sites for hydroxylation is 1. The maximum atomic E-state index is 12.1. The summed E-state index contributed by atoms with van der Waals surface area (Å²) in [5, 5.41) is 4.79. The topological polar surface area (TPSA) is 34.9 Å². The third-order valence-corrected chi connectivity index (χ3v) is 4.24. The molecule has 0 spiro atoms. The highest BCUT2D eigenvalue weighted by Gasteiger charge is 2.14. The average Bonchev–Trinajstić information content (AvgIpc) is 2.57. The van der Waals surface area contributed by atoms with Crippen LogP contribution in [0, 0.1) is 13.8 Å². The first-order valence-electron chi connectivity index (χ1n) is 5.48. The summed E-state index contributed by atoms with van der Waals surface area (Å²) in [5.74, 6) is -0.0429. The zero-order valence-corrected chi connectivity index (χ0v) is 12.4. The monoisotopic (exact) mass is 326 g/mol. The predicted octanol–water partition coefficient (Wildman–Crippen LogP) is 3.80. The van der Waals surface area contributed by atoms with Crippen molar-refractivity contribution in [1.82, 2.24) is 9.78 Å². The minimum Gasteiger partial charge on any atom is -0.292 e. The van der Waals surface area contributed by atoms with Crippen LogP contribution in [-0.2, 0) is 6.54 Å². The smallest absolute Gasteiger partial charge is 0.185 e. The molecule has 1 aromatic heterocycles. The first-order chi connectivity index (χ1) is 8.50. The number of nitrogens with zero attached hydrogens (tertiary/aromatic N) is 2. The van der Waals surface area contributed by atoms with E-state index in [0.29, 0.717) is 10.6 Å². The second-order valence-corrected chi connectivity index (χ2v) is 5.25. The number of halogens is 2. The molecule has 1 heterocycles. The van der Waals surface area contributed by atoms with E-state index >= 15 is 0 Å². The van der Waals surface area contributed by atoms with E-state index in [9.17, 15) is 4.79 Å². The normalized spacial score (nSPS) is 10.7. The summed E-state index contributed by atoms with van der Waals surface area (Å²) >= 11 is 9.44. The molecule has 0 aliphatic carbocycles. The molecule has 0 radical (unpaired) electrons. The molecule has 0 saturated carbocycles. The van der Waals surface area contributed by atoms with E-state index in [1.165, 1.54) is 0 Å². The van der Waals surface area contributed by atoms with Gasteiger partial charge >= 0.3 is 0 Å². The van der Waals surface area contributed by atoms with Gasteiger partial charge < -0.3 is 0 Å². The zero-order chi connectivity index (χ0) is 13.3. The minimum absolute atomic E-state index is 0.0429. The average molecular weight is 328 g/mol. The molecule has 3 nitrogen and oxygen atoms in total. The number of aromatic nitrogens is 2. The van der Waals surface area contributed by atoms with Gasteiger partial charge in [0.1, 0.15) is 6.54 Å². The van der Waals surface area contributed by atoms with Gasteiger partial charge in [0, 0.05) is 5.56 Å². The lowest BCUT2D eigenvalue weighted by Crippen LogP contribution is -2.13. The van der Waals surface area contributed by atoms with E-state index in [4.69, 9.17) is 11.6 Å². The lowest BCUT2D eigenvalue weighted by atomic mass is 10.1. The van der Waals surface area contributed by atoms with Gasteiger partial charge in [0.25, 0.3) is 0 Å². The molecular weight excluding hydrogens is 316 g/mol. The van der Waals surface area contributed by atoms with E-state index < -0.39 is 0 Å². The van der Waals surface area contributed by atoms with Crippen LogP contribution in [-0.4, -0.2) is 15.6 Å². The number of rotatable bonds is 3. The minimum atomic E-state index is -0.0429. The Morgan fingerprint density at radius 2 is 2.06 bits per heavy atom. The SMILES string of the molecule is Cc1nn(CC(=O)c2ccccc2Cl)c(C)c1Br. The van der Waals surface area contributed by atoms with E-state index in [1.807, 2.05) is 13.8 Å². The van der Waals surface area contributed by atoms with Gasteiger partial charge in [-0.3, -0.25) is 9.48 Å². The number of Topliss-reactive ketones (excluding diaryl/α,β-unsaturated/α-hetero) is 1. The molecule has 94 valence electrons. The van der Waals surface area contributed by atoms with Crippen LogP contribution in [0.1, 0.15) is 21.7 Å². The highest BCUT2D eigenvalue weighted by Crippen LogP contribution is 2.21. The molecular formula is C13H12BrClN2O. The summed E-state index contributed by atoms with van der Waals surface area (Å²) in [7, 11) is 0. The first kappa shape index (κ1) is 13.3. The van der Waals surface area contributed by atoms with Gasteiger partial charge in [-0.15, -0.1) is 0 Å². The summed E-state index contributed by atoms with van der Waals surface area (Å²) in [5.41, 5.74) is 2.34. The predicted molar refractivity (Wildman–Crippen MR) is 75.2 cm³/mol. The molecule has 0 bridgehead atoms. The number of ketones is 1. The van der Waals surface area contributed by atoms with Crippen LogP contribution in [0.4, 0.5) is 0 Å². The highest BCUT2D eigenvalue weighted by molar-refractivity contribution is 9.10. The summed E-state index contributed by atoms with van der Waals surface area (Å²) in [6, 6.07) is 7.05. The Morgan fingerprint density at radius 3 is 2.61 bits per heavy atom. The number of carbonyl (C=O) groups excluding carboxylic acids is 1. The van der Waals surface area contributed by atoms with Crippen LogP contribution in [0.25, 0.3) is 0 Å². The van der Waals surface area contributed by atoms with Crippen LogP contribution in [0.2, 0.25) is 5.02 Å². The Bertz CT molecular complexity index is 607. The van der Waals surface area contributed by atoms with Crippen molar-refractivity contribution in [1.29, 1.82) is 0 Å². The van der Waals surface area contributed by atoms with Gasteiger partial charge in [-0.1, -0.05) is 23.7 Å². The molecule has 0 aliphatic heterocycles. The van der Waals surface area contributed by atoms with Crippen LogP contribution >= 0.6 is 27.5 Å². The fourth-order valence-corrected chi connectivity index (χ4v) is 2.26. The summed E-state index contributed by atoms with van der Waals surface area (Å²) in [6.07, 6.45) is 0. The molecule has 0 saturated heterocycles. The number of carbonyl (C=O) groups is 1. The Hall–Kier alpha value is -1.13. The van der Waals surface area contributed by atoms with Crippen molar-refractivity contribution in [3.8, 4) is 0 Å². The molecule has 1 aromatic carbocycles. The molecule has 2 rings (SSSR count). The standard InChI is InChI=1S/C13H12BrClN2O/c1-8-13(14)9(2)17(16-8)7-12(18)10-5-3-4-6-11(10)15/h3-6H,7H2,1-2H3. The Kier molecular flexibility index (Phi) is 3.88. The summed E-state index contributed by atoms with van der Waals surface area (Å²) in [6.45, 7) is 4.01. The van der Waals surface area contributed by atoms with E-state index in [0.717, 1.165) is 15.9 Å². The van der Waals surface area contributed by atoms with Gasteiger partial charge in [0.15, 0.2) is 5.78 Å². The van der Waals surface area contributed by atoms with Gasteiger partial charge in [-0.05, 0) is 41.9 Å². The largest absolute Gasteiger partial charge is 0.292 e. The maximum absolute atomic E-state index is 12.1. The van der Waals surface area contributed by atoms with Crippen molar-refractivity contribution in [2.45, 2.75) is 20.4 Å². The molecule has 0 amide bonds. The third kappa shape index (κ3) is 2.49. The zero-order valence-electron chi connectivity index (χ0n) is 10.1. The Labute approximate surface area is 119 Å². The second-order valence-electron chi connectivity index (χ2n) is 4.05. The van der Waals surface area contributed by atoms with Gasteiger partial charge in [0.05, 0.1) is 20.9 Å². The first-order valence-corrected chi connectivity index (χ1v) is 6.65. The van der Waals surface area contributed by atoms with Crippen molar-refractivity contribution in [2.75, 3.05) is 0 Å². The summed E-state index contributed by atoms with van der Waals surface area (Å²) in [4.78, 5) is 12.1. The lowest BCUT2D eigenvalue weighted by Gasteiger charge is -2.05. The molecule has 0 unspecified atom stereocenters. The second kappa shape index (κ2) is 5.24. The van der Waals surface area contributed by atoms with Crippen LogP contribution in [0.3, 0.4) is 0 Å². The fourth-order valence-electron chi connectivity index (χ4n) is 1.74. The van der Waals surface area contributed by atoms with Crippen LogP contribution in [0.5, 0.6) is 0 Å². The molecule has 0 fully saturated rings. The van der Waals surface area contributed by atoms with Crippen LogP contribution < -0.4 is 0 Å². The molecule has 5 heteroatoms. The number of benzene rings is 1. The van der Waals surface area contributed by atoms with Gasteiger partial charge in [-0.25, -0.2) is 0 Å². The van der Waals surface area contributed by atoms with Crippen molar-refractivity contribution >= 4 is 33.3 Å². The van der Waals surface area contributed by atoms with Crippen molar-refractivity contribution in [3.63, 3.8) is 0 Å². The molecule has 0 atom stereocenters. The van der Waals surface area contributed by atoms with E-state index in [1.54, 1.807) is 28.9 Å². The molecule has 18 heavy (non-hydrogen) atoms. The highest BCUT2D eigenvalue weighted by atomic mass is 79.9. The lowest BCUT2D eigenvalue weighted by molar-refractivity contribution is 0.0967. The molecule has 0 N–H and O–H groups in total. The number of hydrogen-bond donors (Lipinski definition) is 0. The van der Waals surface area contributed by atoms with Crippen molar-refractivity contribution < 1.29 is 4.79 Å². The van der Waals surface area contributed by atoms with E-state index in [-0.39, 0.29) is 12.3 Å². The Morgan fingerprint density at radius 1 is 1.39 bits per heavy atom. The fraction of sp³-hybridized carbons (Fsp3) is 0.231. The molecule has 0 aliphatic rings. The third-order valence-electron chi connectivity index (χ3n) is 2.76. The molecule has 2 aromatic rings. The quantitative estimate of drug-likeness (QED) is 0.804. The van der Waals surface area contributed by atoms with Crippen molar-refractivity contribution in [3.05, 3.63) is 50.7 Å². The number of hydrogen-bond acceptors (Lipinski definition) is 2. The van der Waals surface area contributed by atoms with Crippen LogP contribution in [0.15, 0.2) is 28.7 Å².